The molecule has 0 radical (unpaired) electrons. The van der Waals surface area contributed by atoms with Crippen molar-refractivity contribution in [1.82, 2.24) is 10.6 Å². The maximum Gasteiger partial charge on any atom is 0.240 e. The molecule has 13 heavy (non-hydrogen) atoms. The highest BCUT2D eigenvalue weighted by Crippen LogP contribution is 2.27. The third-order valence-electron chi connectivity index (χ3n) is 3.11. The lowest BCUT2D eigenvalue weighted by molar-refractivity contribution is -0.137. The molecule has 0 aromatic carbocycles. The third kappa shape index (κ3) is 1.34. The maximum atomic E-state index is 11.8. The molecule has 0 aliphatic carbocycles. The van der Waals surface area contributed by atoms with Crippen molar-refractivity contribution < 1.29 is 9.53 Å². The summed E-state index contributed by atoms with van der Waals surface area (Å²) in [6, 6.07) is 0. The van der Waals surface area contributed by atoms with E-state index >= 15 is 0 Å². The number of hydrogen-bond acceptors (Lipinski definition) is 3. The second-order valence-corrected chi connectivity index (χ2v) is 3.88. The van der Waals surface area contributed by atoms with Crippen LogP contribution in [0.25, 0.3) is 0 Å². The molecule has 2 aliphatic rings. The summed E-state index contributed by atoms with van der Waals surface area (Å²) in [6.45, 7) is 5.05. The Morgan fingerprint density at radius 1 is 1.54 bits per heavy atom. The van der Waals surface area contributed by atoms with E-state index in [9.17, 15) is 4.79 Å². The van der Waals surface area contributed by atoms with Crippen LogP contribution in [-0.4, -0.2) is 37.7 Å². The Balaban J connectivity index is 2.18. The van der Waals surface area contributed by atoms with Crippen molar-refractivity contribution in [3.8, 4) is 0 Å². The molecule has 0 saturated carbocycles. The first kappa shape index (κ1) is 8.97. The number of ether oxygens (including phenoxy) is 1. The fourth-order valence-corrected chi connectivity index (χ4v) is 2.18. The lowest BCUT2D eigenvalue weighted by Crippen LogP contribution is -2.68. The van der Waals surface area contributed by atoms with Gasteiger partial charge in [-0.1, -0.05) is 6.92 Å². The average Bonchev–Trinajstić information content (AvgIpc) is 2.15. The minimum absolute atomic E-state index is 0.148. The highest BCUT2D eigenvalue weighted by atomic mass is 16.5. The number of hydrogen-bond donors (Lipinski definition) is 2. The number of rotatable bonds is 0. The molecule has 4 nitrogen and oxygen atoms in total. The van der Waals surface area contributed by atoms with Crippen LogP contribution in [0.2, 0.25) is 0 Å². The van der Waals surface area contributed by atoms with E-state index in [1.165, 1.54) is 0 Å². The van der Waals surface area contributed by atoms with Crippen LogP contribution in [0.3, 0.4) is 0 Å². The standard InChI is InChI=1S/C9H16N2O2/c1-7-6-13-5-2-9(7)8(12)10-3-4-11-9/h7,11H,2-6H2,1H3,(H,10,12). The monoisotopic (exact) mass is 184 g/mol. The third-order valence-corrected chi connectivity index (χ3v) is 3.11. The Bertz CT molecular complexity index is 214. The molecule has 0 bridgehead atoms. The fourth-order valence-electron chi connectivity index (χ4n) is 2.18. The highest BCUT2D eigenvalue weighted by molar-refractivity contribution is 5.87. The molecule has 1 amide bonds. The van der Waals surface area contributed by atoms with Gasteiger partial charge in [-0.15, -0.1) is 0 Å². The zero-order valence-corrected chi connectivity index (χ0v) is 7.93. The summed E-state index contributed by atoms with van der Waals surface area (Å²) >= 11 is 0. The quantitative estimate of drug-likeness (QED) is 0.533. The average molecular weight is 184 g/mol. The van der Waals surface area contributed by atoms with E-state index < -0.39 is 0 Å². The summed E-state index contributed by atoms with van der Waals surface area (Å²) in [5.41, 5.74) is -0.351. The van der Waals surface area contributed by atoms with E-state index in [1.807, 2.05) is 0 Å². The number of piperazine rings is 1. The summed E-state index contributed by atoms with van der Waals surface area (Å²) in [4.78, 5) is 11.8. The molecule has 2 N–H and O–H groups in total. The van der Waals surface area contributed by atoms with Crippen molar-refractivity contribution in [2.24, 2.45) is 5.92 Å². The zero-order valence-electron chi connectivity index (χ0n) is 7.93. The van der Waals surface area contributed by atoms with Gasteiger partial charge in [-0.2, -0.15) is 0 Å². The van der Waals surface area contributed by atoms with E-state index in [-0.39, 0.29) is 17.4 Å². The van der Waals surface area contributed by atoms with Crippen LogP contribution in [0.15, 0.2) is 0 Å². The van der Waals surface area contributed by atoms with Crippen LogP contribution >= 0.6 is 0 Å². The van der Waals surface area contributed by atoms with Gasteiger partial charge in [0, 0.05) is 25.6 Å². The fraction of sp³-hybridized carbons (Fsp3) is 0.889. The molecule has 2 aliphatic heterocycles. The van der Waals surface area contributed by atoms with Gasteiger partial charge in [0.05, 0.1) is 6.61 Å². The first-order valence-electron chi connectivity index (χ1n) is 4.87. The molecular formula is C9H16N2O2. The smallest absolute Gasteiger partial charge is 0.240 e. The van der Waals surface area contributed by atoms with Gasteiger partial charge < -0.3 is 15.4 Å². The summed E-state index contributed by atoms with van der Waals surface area (Å²) in [5, 5.41) is 6.26. The van der Waals surface area contributed by atoms with E-state index in [2.05, 4.69) is 17.6 Å². The molecule has 0 aromatic heterocycles. The topological polar surface area (TPSA) is 50.4 Å². The Morgan fingerprint density at radius 2 is 2.38 bits per heavy atom. The van der Waals surface area contributed by atoms with Crippen LogP contribution in [-0.2, 0) is 9.53 Å². The van der Waals surface area contributed by atoms with Crippen LogP contribution in [0.5, 0.6) is 0 Å². The van der Waals surface area contributed by atoms with Gasteiger partial charge in [0.1, 0.15) is 5.54 Å². The van der Waals surface area contributed by atoms with Crippen LogP contribution < -0.4 is 10.6 Å². The molecule has 2 rings (SSSR count). The van der Waals surface area contributed by atoms with E-state index in [0.29, 0.717) is 13.2 Å². The van der Waals surface area contributed by atoms with Crippen molar-refractivity contribution in [2.45, 2.75) is 18.9 Å². The minimum Gasteiger partial charge on any atom is -0.381 e. The SMILES string of the molecule is CC1COCCC12NCCNC2=O. The lowest BCUT2D eigenvalue weighted by atomic mass is 9.79. The number of carbonyl (C=O) groups is 1. The predicted octanol–water partition coefficient (Wildman–Crippen LogP) is -0.499. The summed E-state index contributed by atoms with van der Waals surface area (Å²) in [5.74, 6) is 0.413. The summed E-state index contributed by atoms with van der Waals surface area (Å²) < 4.78 is 5.34. The molecular weight excluding hydrogens is 168 g/mol. The van der Waals surface area contributed by atoms with Crippen LogP contribution in [0, 0.1) is 5.92 Å². The molecule has 2 fully saturated rings. The largest absolute Gasteiger partial charge is 0.381 e. The van der Waals surface area contributed by atoms with Crippen molar-refractivity contribution in [3.05, 3.63) is 0 Å². The molecule has 2 unspecified atom stereocenters. The van der Waals surface area contributed by atoms with E-state index in [0.717, 1.165) is 19.5 Å². The summed E-state index contributed by atoms with van der Waals surface area (Å²) in [6.07, 6.45) is 0.792. The lowest BCUT2D eigenvalue weighted by Gasteiger charge is -2.44. The van der Waals surface area contributed by atoms with Crippen LogP contribution in [0.1, 0.15) is 13.3 Å². The number of amides is 1. The minimum atomic E-state index is -0.351. The van der Waals surface area contributed by atoms with Gasteiger partial charge in [0.15, 0.2) is 0 Å². The molecule has 2 atom stereocenters. The van der Waals surface area contributed by atoms with Gasteiger partial charge in [0.2, 0.25) is 5.91 Å². The van der Waals surface area contributed by atoms with Crippen molar-refractivity contribution >= 4 is 5.91 Å². The predicted molar refractivity (Wildman–Crippen MR) is 48.3 cm³/mol. The van der Waals surface area contributed by atoms with Gasteiger partial charge in [-0.25, -0.2) is 0 Å². The Hall–Kier alpha value is -0.610. The Kier molecular flexibility index (Phi) is 2.26. The highest BCUT2D eigenvalue weighted by Gasteiger charge is 2.46. The van der Waals surface area contributed by atoms with Gasteiger partial charge >= 0.3 is 0 Å². The van der Waals surface area contributed by atoms with Gasteiger partial charge in [-0.05, 0) is 6.42 Å². The molecule has 0 aromatic rings. The van der Waals surface area contributed by atoms with Crippen molar-refractivity contribution in [3.63, 3.8) is 0 Å². The molecule has 2 heterocycles. The number of nitrogens with one attached hydrogen (secondary N) is 2. The number of carbonyl (C=O) groups excluding carboxylic acids is 1. The second kappa shape index (κ2) is 3.27. The van der Waals surface area contributed by atoms with Gasteiger partial charge in [-0.3, -0.25) is 4.79 Å². The molecule has 74 valence electrons. The van der Waals surface area contributed by atoms with Crippen LogP contribution in [0.4, 0.5) is 0 Å². The van der Waals surface area contributed by atoms with E-state index in [1.54, 1.807) is 0 Å². The maximum absolute atomic E-state index is 11.8. The van der Waals surface area contributed by atoms with Crippen molar-refractivity contribution in [2.75, 3.05) is 26.3 Å². The molecule has 2 saturated heterocycles. The molecule has 1 spiro atoms. The summed E-state index contributed by atoms with van der Waals surface area (Å²) in [7, 11) is 0. The molecule has 4 heteroatoms. The Morgan fingerprint density at radius 3 is 3.08 bits per heavy atom. The second-order valence-electron chi connectivity index (χ2n) is 3.88. The van der Waals surface area contributed by atoms with E-state index in [4.69, 9.17) is 4.74 Å². The Labute approximate surface area is 78.0 Å². The normalized spacial score (nSPS) is 40.4. The van der Waals surface area contributed by atoms with Crippen molar-refractivity contribution in [1.29, 1.82) is 0 Å². The zero-order chi connectivity index (χ0) is 9.31. The van der Waals surface area contributed by atoms with Gasteiger partial charge in [0.25, 0.3) is 0 Å². The first-order valence-corrected chi connectivity index (χ1v) is 4.87. The first-order chi connectivity index (χ1) is 6.26.